The number of esters is 1. The summed E-state index contributed by atoms with van der Waals surface area (Å²) in [5.74, 6) is 0.168. The molecule has 1 aromatic rings. The molecule has 6 heteroatoms. The summed E-state index contributed by atoms with van der Waals surface area (Å²) < 4.78 is 5.48. The third-order valence-corrected chi connectivity index (χ3v) is 4.03. The van der Waals surface area contributed by atoms with E-state index in [0.29, 0.717) is 17.0 Å². The number of halogens is 1. The number of carbonyl (C=O) groups is 1. The van der Waals surface area contributed by atoms with Crippen molar-refractivity contribution in [3.05, 3.63) is 38.3 Å². The van der Waals surface area contributed by atoms with Crippen molar-refractivity contribution in [2.45, 2.75) is 25.7 Å². The number of benzene rings is 1. The Kier molecular flexibility index (Phi) is 4.52. The van der Waals surface area contributed by atoms with Gasteiger partial charge in [0, 0.05) is 6.07 Å². The van der Waals surface area contributed by atoms with Crippen LogP contribution in [0.25, 0.3) is 0 Å². The quantitative estimate of drug-likeness (QED) is 0.469. The number of ether oxygens (including phenoxy) is 1. The predicted octanol–water partition coefficient (Wildman–Crippen LogP) is 3.70. The van der Waals surface area contributed by atoms with Crippen LogP contribution < -0.4 is 0 Å². The molecule has 5 nitrogen and oxygen atoms in total. The minimum Gasteiger partial charge on any atom is -0.462 e. The monoisotopic (exact) mass is 327 g/mol. The van der Waals surface area contributed by atoms with E-state index in [4.69, 9.17) is 4.74 Å². The predicted molar refractivity (Wildman–Crippen MR) is 73.0 cm³/mol. The topological polar surface area (TPSA) is 69.4 Å². The van der Waals surface area contributed by atoms with Gasteiger partial charge in [-0.3, -0.25) is 10.1 Å². The van der Waals surface area contributed by atoms with Gasteiger partial charge >= 0.3 is 5.97 Å². The SMILES string of the molecule is O=C(OCCC1CCC1)c1ccc(Br)c([N+](=O)[O-])c1. The molecular weight excluding hydrogens is 314 g/mol. The molecule has 0 unspecified atom stereocenters. The number of nitro benzene ring substituents is 1. The van der Waals surface area contributed by atoms with Gasteiger partial charge in [0.1, 0.15) is 0 Å². The van der Waals surface area contributed by atoms with Gasteiger partial charge in [-0.2, -0.15) is 0 Å². The maximum Gasteiger partial charge on any atom is 0.338 e. The highest BCUT2D eigenvalue weighted by molar-refractivity contribution is 9.10. The number of carbonyl (C=O) groups excluding carboxylic acids is 1. The summed E-state index contributed by atoms with van der Waals surface area (Å²) in [6, 6.07) is 4.24. The van der Waals surface area contributed by atoms with Crippen LogP contribution in [-0.2, 0) is 4.74 Å². The summed E-state index contributed by atoms with van der Waals surface area (Å²) in [4.78, 5) is 22.0. The van der Waals surface area contributed by atoms with E-state index in [1.54, 1.807) is 0 Å². The highest BCUT2D eigenvalue weighted by atomic mass is 79.9. The smallest absolute Gasteiger partial charge is 0.338 e. The number of nitro groups is 1. The third kappa shape index (κ3) is 3.53. The Morgan fingerprint density at radius 1 is 1.47 bits per heavy atom. The second-order valence-electron chi connectivity index (χ2n) is 4.64. The normalized spacial score (nSPS) is 14.8. The summed E-state index contributed by atoms with van der Waals surface area (Å²) in [6.07, 6.45) is 4.56. The largest absolute Gasteiger partial charge is 0.462 e. The molecule has 1 aliphatic rings. The van der Waals surface area contributed by atoms with Crippen LogP contribution in [0.4, 0.5) is 5.69 Å². The van der Waals surface area contributed by atoms with Gasteiger partial charge < -0.3 is 4.74 Å². The molecule has 0 bridgehead atoms. The number of hydrogen-bond donors (Lipinski definition) is 0. The van der Waals surface area contributed by atoms with Crippen LogP contribution in [-0.4, -0.2) is 17.5 Å². The molecular formula is C13H14BrNO4. The van der Waals surface area contributed by atoms with Gasteiger partial charge in [0.15, 0.2) is 0 Å². The fourth-order valence-corrected chi connectivity index (χ4v) is 2.35. The van der Waals surface area contributed by atoms with E-state index in [-0.39, 0.29) is 11.3 Å². The summed E-state index contributed by atoms with van der Waals surface area (Å²) in [5, 5.41) is 10.8. The second-order valence-corrected chi connectivity index (χ2v) is 5.50. The van der Waals surface area contributed by atoms with Crippen molar-refractivity contribution in [2.24, 2.45) is 5.92 Å². The molecule has 2 rings (SSSR count). The molecule has 19 heavy (non-hydrogen) atoms. The van der Waals surface area contributed by atoms with Crippen molar-refractivity contribution in [3.63, 3.8) is 0 Å². The van der Waals surface area contributed by atoms with E-state index in [2.05, 4.69) is 15.9 Å². The highest BCUT2D eigenvalue weighted by Crippen LogP contribution is 2.29. The van der Waals surface area contributed by atoms with Crippen molar-refractivity contribution in [3.8, 4) is 0 Å². The number of hydrogen-bond acceptors (Lipinski definition) is 4. The van der Waals surface area contributed by atoms with Crippen molar-refractivity contribution < 1.29 is 14.5 Å². The molecule has 1 fully saturated rings. The molecule has 0 spiro atoms. The Morgan fingerprint density at radius 2 is 2.21 bits per heavy atom. The summed E-state index contributed by atoms with van der Waals surface area (Å²) in [7, 11) is 0. The molecule has 0 aliphatic heterocycles. The van der Waals surface area contributed by atoms with E-state index in [0.717, 1.165) is 6.42 Å². The molecule has 1 aliphatic carbocycles. The average molecular weight is 328 g/mol. The maximum atomic E-state index is 11.8. The summed E-state index contributed by atoms with van der Waals surface area (Å²) >= 11 is 3.08. The lowest BCUT2D eigenvalue weighted by Gasteiger charge is -2.24. The number of rotatable bonds is 5. The average Bonchev–Trinajstić information content (AvgIpc) is 2.32. The van der Waals surface area contributed by atoms with Crippen LogP contribution in [0.15, 0.2) is 22.7 Å². The zero-order valence-electron chi connectivity index (χ0n) is 10.3. The van der Waals surface area contributed by atoms with Crippen LogP contribution in [0.1, 0.15) is 36.0 Å². The van der Waals surface area contributed by atoms with Crippen molar-refractivity contribution >= 4 is 27.6 Å². The first-order chi connectivity index (χ1) is 9.08. The van der Waals surface area contributed by atoms with E-state index >= 15 is 0 Å². The first-order valence-electron chi connectivity index (χ1n) is 6.19. The molecule has 0 radical (unpaired) electrons. The van der Waals surface area contributed by atoms with Crippen molar-refractivity contribution in [1.29, 1.82) is 0 Å². The van der Waals surface area contributed by atoms with Gasteiger partial charge in [-0.05, 0) is 40.4 Å². The molecule has 0 aromatic heterocycles. The molecule has 0 saturated heterocycles. The van der Waals surface area contributed by atoms with E-state index < -0.39 is 10.9 Å². The van der Waals surface area contributed by atoms with E-state index in [1.165, 1.54) is 37.5 Å². The lowest BCUT2D eigenvalue weighted by molar-refractivity contribution is -0.385. The van der Waals surface area contributed by atoms with Gasteiger partial charge in [0.25, 0.3) is 5.69 Å². The van der Waals surface area contributed by atoms with Crippen molar-refractivity contribution in [1.82, 2.24) is 0 Å². The van der Waals surface area contributed by atoms with Gasteiger partial charge in [-0.25, -0.2) is 4.79 Å². The molecule has 0 atom stereocenters. The Hall–Kier alpha value is -1.43. The Bertz CT molecular complexity index is 499. The van der Waals surface area contributed by atoms with Gasteiger partial charge in [0.2, 0.25) is 0 Å². The fourth-order valence-electron chi connectivity index (χ4n) is 1.96. The number of nitrogens with zero attached hydrogens (tertiary/aromatic N) is 1. The van der Waals surface area contributed by atoms with Crippen LogP contribution in [0, 0.1) is 16.0 Å². The highest BCUT2D eigenvalue weighted by Gasteiger charge is 2.19. The maximum absolute atomic E-state index is 11.8. The minimum atomic E-state index is -0.533. The first kappa shape index (κ1) is 14.0. The van der Waals surface area contributed by atoms with Crippen LogP contribution >= 0.6 is 15.9 Å². The van der Waals surface area contributed by atoms with E-state index in [9.17, 15) is 14.9 Å². The standard InChI is InChI=1S/C13H14BrNO4/c14-11-5-4-10(8-12(11)15(17)18)13(16)19-7-6-9-2-1-3-9/h4-5,8-9H,1-3,6-7H2. The summed E-state index contributed by atoms with van der Waals surface area (Å²) in [6.45, 7) is 0.382. The zero-order chi connectivity index (χ0) is 13.8. The zero-order valence-corrected chi connectivity index (χ0v) is 11.9. The molecule has 102 valence electrons. The van der Waals surface area contributed by atoms with Gasteiger partial charge in [-0.15, -0.1) is 0 Å². The Labute approximate surface area is 119 Å². The molecule has 0 heterocycles. The van der Waals surface area contributed by atoms with Gasteiger partial charge in [0.05, 0.1) is 21.6 Å². The van der Waals surface area contributed by atoms with E-state index in [1.807, 2.05) is 0 Å². The lowest BCUT2D eigenvalue weighted by atomic mass is 9.83. The van der Waals surface area contributed by atoms with Crippen LogP contribution in [0.2, 0.25) is 0 Å². The van der Waals surface area contributed by atoms with Crippen LogP contribution in [0.3, 0.4) is 0 Å². The summed E-state index contributed by atoms with van der Waals surface area (Å²) in [5.41, 5.74) is 0.0805. The molecule has 1 aromatic carbocycles. The van der Waals surface area contributed by atoms with Gasteiger partial charge in [-0.1, -0.05) is 19.3 Å². The third-order valence-electron chi connectivity index (χ3n) is 3.36. The fraction of sp³-hybridized carbons (Fsp3) is 0.462. The molecule has 0 amide bonds. The molecule has 1 saturated carbocycles. The Balaban J connectivity index is 1.94. The first-order valence-corrected chi connectivity index (χ1v) is 6.98. The van der Waals surface area contributed by atoms with Crippen molar-refractivity contribution in [2.75, 3.05) is 6.61 Å². The Morgan fingerprint density at radius 3 is 2.79 bits per heavy atom. The lowest BCUT2D eigenvalue weighted by Crippen LogP contribution is -2.15. The van der Waals surface area contributed by atoms with Crippen LogP contribution in [0.5, 0.6) is 0 Å². The second kappa shape index (κ2) is 6.14. The molecule has 0 N–H and O–H groups in total. The minimum absolute atomic E-state index is 0.131.